The zero-order chi connectivity index (χ0) is 19.2. The van der Waals surface area contributed by atoms with Crippen molar-refractivity contribution in [2.24, 2.45) is 0 Å². The largest absolute Gasteiger partial charge is 0.490 e. The third-order valence-corrected chi connectivity index (χ3v) is 6.86. The van der Waals surface area contributed by atoms with Gasteiger partial charge in [-0.05, 0) is 69.2 Å². The number of piperidine rings is 2. The second-order valence-electron chi connectivity index (χ2n) is 8.88. The summed E-state index contributed by atoms with van der Waals surface area (Å²) in [5.41, 5.74) is 0.789. The Balaban J connectivity index is 1.25. The molecule has 1 aromatic carbocycles. The number of carbonyl (C=O) groups is 1. The van der Waals surface area contributed by atoms with E-state index in [1.165, 1.54) is 58.0 Å². The Kier molecular flexibility index (Phi) is 6.90. The molecule has 154 valence electrons. The van der Waals surface area contributed by atoms with E-state index < -0.39 is 0 Å². The second-order valence-corrected chi connectivity index (χ2v) is 8.88. The van der Waals surface area contributed by atoms with Gasteiger partial charge in [0, 0.05) is 37.8 Å². The highest BCUT2D eigenvalue weighted by Gasteiger charge is 2.26. The number of rotatable bonds is 4. The Morgan fingerprint density at radius 3 is 2.00 bits per heavy atom. The highest BCUT2D eigenvalue weighted by atomic mass is 16.5. The molecule has 0 radical (unpaired) electrons. The van der Waals surface area contributed by atoms with Crippen LogP contribution in [-0.4, -0.2) is 54.0 Å². The molecule has 0 spiro atoms. The molecular weight excluding hydrogens is 348 g/mol. The summed E-state index contributed by atoms with van der Waals surface area (Å²) in [5.74, 6) is 1.08. The van der Waals surface area contributed by atoms with Gasteiger partial charge in [-0.2, -0.15) is 0 Å². The molecular formula is C24H36N2O2. The summed E-state index contributed by atoms with van der Waals surface area (Å²) in [6.45, 7) is 4.13. The van der Waals surface area contributed by atoms with Gasteiger partial charge >= 0.3 is 0 Å². The molecule has 0 unspecified atom stereocenters. The van der Waals surface area contributed by atoms with Crippen molar-refractivity contribution in [1.82, 2.24) is 9.80 Å². The molecule has 1 amide bonds. The van der Waals surface area contributed by atoms with E-state index in [4.69, 9.17) is 4.74 Å². The predicted molar refractivity (Wildman–Crippen MR) is 113 cm³/mol. The second kappa shape index (κ2) is 9.78. The lowest BCUT2D eigenvalue weighted by molar-refractivity contribution is 0.0702. The highest BCUT2D eigenvalue weighted by molar-refractivity contribution is 5.94. The number of amides is 1. The van der Waals surface area contributed by atoms with E-state index in [0.29, 0.717) is 6.10 Å². The van der Waals surface area contributed by atoms with Gasteiger partial charge in [0.25, 0.3) is 5.91 Å². The van der Waals surface area contributed by atoms with E-state index in [0.717, 1.165) is 56.1 Å². The van der Waals surface area contributed by atoms with Gasteiger partial charge in [0.1, 0.15) is 11.9 Å². The predicted octanol–water partition coefficient (Wildman–Crippen LogP) is 4.88. The summed E-state index contributed by atoms with van der Waals surface area (Å²) >= 11 is 0. The van der Waals surface area contributed by atoms with E-state index in [1.54, 1.807) is 0 Å². The third-order valence-electron chi connectivity index (χ3n) is 6.86. The minimum atomic E-state index is 0.169. The number of likely N-dealkylation sites (tertiary alicyclic amines) is 2. The maximum atomic E-state index is 12.6. The van der Waals surface area contributed by atoms with Gasteiger partial charge < -0.3 is 14.5 Å². The molecule has 4 heteroatoms. The van der Waals surface area contributed by atoms with Crippen LogP contribution in [0.25, 0.3) is 0 Å². The summed E-state index contributed by atoms with van der Waals surface area (Å²) < 4.78 is 6.24. The Morgan fingerprint density at radius 2 is 1.36 bits per heavy atom. The molecule has 28 heavy (non-hydrogen) atoms. The Hall–Kier alpha value is -1.55. The third kappa shape index (κ3) is 5.08. The maximum absolute atomic E-state index is 12.6. The zero-order valence-electron chi connectivity index (χ0n) is 17.3. The number of hydrogen-bond donors (Lipinski definition) is 0. The monoisotopic (exact) mass is 384 g/mol. The number of ether oxygens (including phenoxy) is 1. The Bertz CT molecular complexity index is 608. The average molecular weight is 385 g/mol. The zero-order valence-corrected chi connectivity index (χ0v) is 17.3. The molecule has 4 nitrogen and oxygen atoms in total. The molecule has 2 heterocycles. The first-order chi connectivity index (χ1) is 13.8. The van der Waals surface area contributed by atoms with Crippen LogP contribution in [-0.2, 0) is 0 Å². The Morgan fingerprint density at radius 1 is 0.750 bits per heavy atom. The van der Waals surface area contributed by atoms with Crippen molar-refractivity contribution in [2.75, 3.05) is 26.2 Å². The molecule has 2 saturated heterocycles. The van der Waals surface area contributed by atoms with Crippen molar-refractivity contribution < 1.29 is 9.53 Å². The van der Waals surface area contributed by atoms with E-state index in [1.807, 2.05) is 29.2 Å². The molecule has 1 aromatic rings. The molecule has 3 fully saturated rings. The summed E-state index contributed by atoms with van der Waals surface area (Å²) in [4.78, 5) is 17.3. The SMILES string of the molecule is O=C(c1ccc(OC2CCN(C3CCCCCC3)CC2)cc1)N1CCCCC1. The number of benzene rings is 1. The van der Waals surface area contributed by atoms with Crippen molar-refractivity contribution in [3.05, 3.63) is 29.8 Å². The Labute approximate surface area is 170 Å². The van der Waals surface area contributed by atoms with Crippen LogP contribution in [0.5, 0.6) is 5.75 Å². The van der Waals surface area contributed by atoms with Gasteiger partial charge in [-0.15, -0.1) is 0 Å². The van der Waals surface area contributed by atoms with Crippen molar-refractivity contribution in [2.45, 2.75) is 82.8 Å². The summed E-state index contributed by atoms with van der Waals surface area (Å²) in [5, 5.41) is 0. The van der Waals surface area contributed by atoms with Gasteiger partial charge in [-0.3, -0.25) is 4.79 Å². The van der Waals surface area contributed by atoms with Crippen molar-refractivity contribution in [3.63, 3.8) is 0 Å². The lowest BCUT2D eigenvalue weighted by Crippen LogP contribution is -2.44. The molecule has 0 N–H and O–H groups in total. The van der Waals surface area contributed by atoms with Gasteiger partial charge in [-0.25, -0.2) is 0 Å². The molecule has 4 rings (SSSR count). The van der Waals surface area contributed by atoms with Crippen molar-refractivity contribution in [3.8, 4) is 5.75 Å². The maximum Gasteiger partial charge on any atom is 0.253 e. The quantitative estimate of drug-likeness (QED) is 0.694. The summed E-state index contributed by atoms with van der Waals surface area (Å²) in [6.07, 6.45) is 14.5. The summed E-state index contributed by atoms with van der Waals surface area (Å²) in [7, 11) is 0. The topological polar surface area (TPSA) is 32.8 Å². The fourth-order valence-electron chi connectivity index (χ4n) is 5.13. The van der Waals surface area contributed by atoms with Gasteiger partial charge in [0.2, 0.25) is 0 Å². The van der Waals surface area contributed by atoms with E-state index in [2.05, 4.69) is 4.90 Å². The van der Waals surface area contributed by atoms with Crippen LogP contribution in [0.4, 0.5) is 0 Å². The van der Waals surface area contributed by atoms with Crippen LogP contribution < -0.4 is 4.74 Å². The molecule has 1 saturated carbocycles. The van der Waals surface area contributed by atoms with Gasteiger partial charge in [-0.1, -0.05) is 25.7 Å². The van der Waals surface area contributed by atoms with Crippen LogP contribution in [0.3, 0.4) is 0 Å². The van der Waals surface area contributed by atoms with Crippen molar-refractivity contribution >= 4 is 5.91 Å². The van der Waals surface area contributed by atoms with Crippen LogP contribution in [0.15, 0.2) is 24.3 Å². The molecule has 3 aliphatic rings. The van der Waals surface area contributed by atoms with Crippen LogP contribution in [0.2, 0.25) is 0 Å². The minimum Gasteiger partial charge on any atom is -0.490 e. The van der Waals surface area contributed by atoms with E-state index >= 15 is 0 Å². The molecule has 0 atom stereocenters. The average Bonchev–Trinajstić information content (AvgIpc) is 3.05. The molecule has 1 aliphatic carbocycles. The fraction of sp³-hybridized carbons (Fsp3) is 0.708. The minimum absolute atomic E-state index is 0.169. The first kappa shape index (κ1) is 19.8. The standard InChI is InChI=1S/C24H36N2O2/c27-24(26-16-6-3-7-17-26)20-10-12-22(13-11-20)28-23-14-18-25(19-15-23)21-8-4-1-2-5-9-21/h10-13,21,23H,1-9,14-19H2. The van der Waals surface area contributed by atoms with Crippen LogP contribution in [0, 0.1) is 0 Å². The molecule has 0 bridgehead atoms. The first-order valence-electron chi connectivity index (χ1n) is 11.6. The first-order valence-corrected chi connectivity index (χ1v) is 11.6. The smallest absolute Gasteiger partial charge is 0.253 e. The number of hydrogen-bond acceptors (Lipinski definition) is 3. The summed E-state index contributed by atoms with van der Waals surface area (Å²) in [6, 6.07) is 8.65. The van der Waals surface area contributed by atoms with Gasteiger partial charge in [0.05, 0.1) is 0 Å². The number of carbonyl (C=O) groups excluding carboxylic acids is 1. The molecule has 2 aliphatic heterocycles. The van der Waals surface area contributed by atoms with E-state index in [-0.39, 0.29) is 5.91 Å². The van der Waals surface area contributed by atoms with Crippen LogP contribution >= 0.6 is 0 Å². The van der Waals surface area contributed by atoms with Crippen LogP contribution in [0.1, 0.15) is 81.0 Å². The highest BCUT2D eigenvalue weighted by Crippen LogP contribution is 2.26. The fourth-order valence-corrected chi connectivity index (χ4v) is 5.13. The number of nitrogens with zero attached hydrogens (tertiary/aromatic N) is 2. The molecule has 0 aromatic heterocycles. The lowest BCUT2D eigenvalue weighted by atomic mass is 10.0. The normalized spacial score (nSPS) is 23.4. The lowest BCUT2D eigenvalue weighted by Gasteiger charge is -2.37. The van der Waals surface area contributed by atoms with E-state index in [9.17, 15) is 4.79 Å². The van der Waals surface area contributed by atoms with Crippen molar-refractivity contribution in [1.29, 1.82) is 0 Å². The van der Waals surface area contributed by atoms with Gasteiger partial charge in [0.15, 0.2) is 0 Å².